The van der Waals surface area contributed by atoms with Crippen LogP contribution in [0.25, 0.3) is 0 Å². The summed E-state index contributed by atoms with van der Waals surface area (Å²) in [4.78, 5) is 21.3. The number of carbonyl (C=O) groups excluding carboxylic acids is 1. The standard InChI is InChI=1S/C11H14FN3O4/c1-19-8(6-13)5-11(16)14-7-2-3-9(12)10(4-7)15(17)18/h2-4,8H,5-6,13H2,1H3,(H,14,16). The van der Waals surface area contributed by atoms with Crippen LogP contribution in [0.15, 0.2) is 18.2 Å². The molecule has 104 valence electrons. The maximum Gasteiger partial charge on any atom is 0.306 e. The Bertz CT molecular complexity index is 477. The fourth-order valence-electron chi connectivity index (χ4n) is 1.41. The number of rotatable bonds is 6. The summed E-state index contributed by atoms with van der Waals surface area (Å²) in [5.74, 6) is -1.38. The molecule has 0 radical (unpaired) electrons. The fourth-order valence-corrected chi connectivity index (χ4v) is 1.41. The molecule has 1 atom stereocenters. The highest BCUT2D eigenvalue weighted by Gasteiger charge is 2.16. The van der Waals surface area contributed by atoms with Crippen molar-refractivity contribution < 1.29 is 18.8 Å². The van der Waals surface area contributed by atoms with Crippen LogP contribution in [-0.2, 0) is 9.53 Å². The second kappa shape index (κ2) is 6.76. The summed E-state index contributed by atoms with van der Waals surface area (Å²) in [7, 11) is 1.42. The van der Waals surface area contributed by atoms with Gasteiger partial charge in [0.2, 0.25) is 11.7 Å². The van der Waals surface area contributed by atoms with E-state index in [9.17, 15) is 19.3 Å². The van der Waals surface area contributed by atoms with Gasteiger partial charge < -0.3 is 15.8 Å². The van der Waals surface area contributed by atoms with Crippen LogP contribution in [0.1, 0.15) is 6.42 Å². The number of nitrogens with two attached hydrogens (primary N) is 1. The normalized spacial score (nSPS) is 11.9. The van der Waals surface area contributed by atoms with Gasteiger partial charge in [-0.1, -0.05) is 0 Å². The van der Waals surface area contributed by atoms with Crippen LogP contribution in [0, 0.1) is 15.9 Å². The van der Waals surface area contributed by atoms with Gasteiger partial charge in [0, 0.05) is 25.4 Å². The Hall–Kier alpha value is -2.06. The summed E-state index contributed by atoms with van der Waals surface area (Å²) in [6.07, 6.45) is -0.423. The van der Waals surface area contributed by atoms with Gasteiger partial charge in [-0.15, -0.1) is 0 Å². The van der Waals surface area contributed by atoms with E-state index in [1.54, 1.807) is 0 Å². The van der Waals surface area contributed by atoms with E-state index >= 15 is 0 Å². The first-order valence-corrected chi connectivity index (χ1v) is 5.44. The molecule has 3 N–H and O–H groups in total. The summed E-state index contributed by atoms with van der Waals surface area (Å²) in [6, 6.07) is 3.12. The van der Waals surface area contributed by atoms with E-state index in [0.717, 1.165) is 12.1 Å². The molecule has 1 aromatic carbocycles. The topological polar surface area (TPSA) is 107 Å². The zero-order valence-corrected chi connectivity index (χ0v) is 10.3. The largest absolute Gasteiger partial charge is 0.380 e. The molecule has 19 heavy (non-hydrogen) atoms. The molecule has 0 spiro atoms. The molecule has 8 heteroatoms. The first-order chi connectivity index (χ1) is 8.97. The van der Waals surface area contributed by atoms with Crippen molar-refractivity contribution in [2.45, 2.75) is 12.5 Å². The van der Waals surface area contributed by atoms with Crippen molar-refractivity contribution in [2.75, 3.05) is 19.0 Å². The third-order valence-electron chi connectivity index (χ3n) is 2.44. The number of ether oxygens (including phenoxy) is 1. The lowest BCUT2D eigenvalue weighted by Gasteiger charge is -2.12. The average Bonchev–Trinajstić information content (AvgIpc) is 2.37. The van der Waals surface area contributed by atoms with Crippen molar-refractivity contribution in [1.29, 1.82) is 0 Å². The van der Waals surface area contributed by atoms with Gasteiger partial charge in [0.1, 0.15) is 0 Å². The van der Waals surface area contributed by atoms with Crippen molar-refractivity contribution in [3.8, 4) is 0 Å². The quantitative estimate of drug-likeness (QED) is 0.593. The molecule has 7 nitrogen and oxygen atoms in total. The Labute approximate surface area is 108 Å². The Morgan fingerprint density at radius 2 is 2.32 bits per heavy atom. The number of halogens is 1. The summed E-state index contributed by atoms with van der Waals surface area (Å²) < 4.78 is 18.0. The lowest BCUT2D eigenvalue weighted by Crippen LogP contribution is -2.28. The molecule has 0 aliphatic carbocycles. The smallest absolute Gasteiger partial charge is 0.306 e. The minimum Gasteiger partial charge on any atom is -0.380 e. The molecule has 0 fully saturated rings. The van der Waals surface area contributed by atoms with E-state index in [1.807, 2.05) is 0 Å². The molecule has 0 aromatic heterocycles. The van der Waals surface area contributed by atoms with Crippen LogP contribution in [-0.4, -0.2) is 30.6 Å². The van der Waals surface area contributed by atoms with Crippen LogP contribution in [0.5, 0.6) is 0 Å². The van der Waals surface area contributed by atoms with Crippen LogP contribution in [0.2, 0.25) is 0 Å². The minimum absolute atomic E-state index is 0.0121. The first-order valence-electron chi connectivity index (χ1n) is 5.44. The minimum atomic E-state index is -0.959. The molecule has 0 aliphatic heterocycles. The van der Waals surface area contributed by atoms with Crippen LogP contribution >= 0.6 is 0 Å². The van der Waals surface area contributed by atoms with Crippen molar-refractivity contribution >= 4 is 17.3 Å². The molecule has 1 aromatic rings. The van der Waals surface area contributed by atoms with Crippen molar-refractivity contribution in [3.63, 3.8) is 0 Å². The SMILES string of the molecule is COC(CN)CC(=O)Nc1ccc(F)c([N+](=O)[O-])c1. The molecule has 0 saturated carbocycles. The number of anilines is 1. The van der Waals surface area contributed by atoms with Gasteiger partial charge in [0.25, 0.3) is 0 Å². The van der Waals surface area contributed by atoms with E-state index in [1.165, 1.54) is 13.2 Å². The number of carbonyl (C=O) groups is 1. The van der Waals surface area contributed by atoms with Crippen LogP contribution in [0.4, 0.5) is 15.8 Å². The van der Waals surface area contributed by atoms with Crippen molar-refractivity contribution in [2.24, 2.45) is 5.73 Å². The maximum atomic E-state index is 13.1. The van der Waals surface area contributed by atoms with Crippen LogP contribution in [0.3, 0.4) is 0 Å². The van der Waals surface area contributed by atoms with Gasteiger partial charge in [-0.25, -0.2) is 0 Å². The van der Waals surface area contributed by atoms with Gasteiger partial charge in [0.15, 0.2) is 0 Å². The molecule has 0 bridgehead atoms. The number of amides is 1. The van der Waals surface area contributed by atoms with Gasteiger partial charge in [-0.2, -0.15) is 4.39 Å². The van der Waals surface area contributed by atoms with Gasteiger partial charge in [-0.3, -0.25) is 14.9 Å². The van der Waals surface area contributed by atoms with Crippen molar-refractivity contribution in [3.05, 3.63) is 34.1 Å². The highest BCUT2D eigenvalue weighted by molar-refractivity contribution is 5.91. The Morgan fingerprint density at radius 3 is 2.84 bits per heavy atom. The van der Waals surface area contributed by atoms with Gasteiger partial charge in [-0.05, 0) is 12.1 Å². The predicted molar refractivity (Wildman–Crippen MR) is 66.2 cm³/mol. The Balaban J connectivity index is 2.74. The molecule has 1 amide bonds. The summed E-state index contributed by atoms with van der Waals surface area (Å²) in [5, 5.41) is 13.0. The van der Waals surface area contributed by atoms with E-state index in [4.69, 9.17) is 10.5 Å². The molecular weight excluding hydrogens is 257 g/mol. The zero-order chi connectivity index (χ0) is 14.4. The first kappa shape index (κ1) is 15.0. The number of nitrogens with zero attached hydrogens (tertiary/aromatic N) is 1. The zero-order valence-electron chi connectivity index (χ0n) is 10.3. The number of nitro benzene ring substituents is 1. The van der Waals surface area contributed by atoms with Gasteiger partial charge in [0.05, 0.1) is 17.4 Å². The summed E-state index contributed by atoms with van der Waals surface area (Å²) in [5.41, 5.74) is 4.81. The molecule has 0 aliphatic rings. The predicted octanol–water partition coefficient (Wildman–Crippen LogP) is 1.04. The third-order valence-corrected chi connectivity index (χ3v) is 2.44. The Kier molecular flexibility index (Phi) is 5.34. The maximum absolute atomic E-state index is 13.1. The second-order valence-corrected chi connectivity index (χ2v) is 3.77. The highest BCUT2D eigenvalue weighted by Crippen LogP contribution is 2.21. The van der Waals surface area contributed by atoms with Gasteiger partial charge >= 0.3 is 5.69 Å². The fraction of sp³-hybridized carbons (Fsp3) is 0.364. The number of hydrogen-bond acceptors (Lipinski definition) is 5. The summed E-state index contributed by atoms with van der Waals surface area (Å²) >= 11 is 0. The summed E-state index contributed by atoms with van der Waals surface area (Å²) in [6.45, 7) is 0.174. The van der Waals surface area contributed by atoms with E-state index in [-0.39, 0.29) is 18.7 Å². The molecule has 1 rings (SSSR count). The average molecular weight is 271 g/mol. The molecule has 0 heterocycles. The number of hydrogen-bond donors (Lipinski definition) is 2. The number of nitrogens with one attached hydrogen (secondary N) is 1. The van der Waals surface area contributed by atoms with E-state index < -0.39 is 28.4 Å². The van der Waals surface area contributed by atoms with E-state index in [0.29, 0.717) is 0 Å². The lowest BCUT2D eigenvalue weighted by molar-refractivity contribution is -0.387. The molecule has 1 unspecified atom stereocenters. The van der Waals surface area contributed by atoms with Crippen LogP contribution < -0.4 is 11.1 Å². The Morgan fingerprint density at radius 1 is 1.63 bits per heavy atom. The monoisotopic (exact) mass is 271 g/mol. The molecule has 0 saturated heterocycles. The highest BCUT2D eigenvalue weighted by atomic mass is 19.1. The lowest BCUT2D eigenvalue weighted by atomic mass is 10.2. The number of nitro groups is 1. The second-order valence-electron chi connectivity index (χ2n) is 3.77. The van der Waals surface area contributed by atoms with E-state index in [2.05, 4.69) is 5.32 Å². The van der Waals surface area contributed by atoms with Crippen molar-refractivity contribution in [1.82, 2.24) is 0 Å². The molecular formula is C11H14FN3O4. The number of methoxy groups -OCH3 is 1. The third kappa shape index (κ3) is 4.27. The number of benzene rings is 1.